The summed E-state index contributed by atoms with van der Waals surface area (Å²) in [6.45, 7) is 0.579. The van der Waals surface area contributed by atoms with Gasteiger partial charge in [-0.1, -0.05) is 18.2 Å². The number of benzene rings is 1. The summed E-state index contributed by atoms with van der Waals surface area (Å²) in [5.41, 5.74) is -0.887. The van der Waals surface area contributed by atoms with Crippen LogP contribution in [0.15, 0.2) is 24.3 Å². The molecule has 8 heteroatoms. The molecule has 0 amide bonds. The van der Waals surface area contributed by atoms with Gasteiger partial charge in [-0.25, -0.2) is 13.1 Å². The molecule has 1 fully saturated rings. The second kappa shape index (κ2) is 5.71. The number of rotatable bonds is 4. The van der Waals surface area contributed by atoms with Gasteiger partial charge in [0.1, 0.15) is 0 Å². The molecule has 2 N–H and O–H groups in total. The predicted molar refractivity (Wildman–Crippen MR) is 68.5 cm³/mol. The molecule has 0 saturated carbocycles. The fraction of sp³-hybridized carbons (Fsp3) is 0.500. The maximum atomic E-state index is 12.8. The minimum absolute atomic E-state index is 0.0745. The van der Waals surface area contributed by atoms with Crippen molar-refractivity contribution < 1.29 is 21.6 Å². The summed E-state index contributed by atoms with van der Waals surface area (Å²) in [4.78, 5) is 0. The van der Waals surface area contributed by atoms with Crippen LogP contribution in [0, 0.1) is 0 Å². The van der Waals surface area contributed by atoms with Gasteiger partial charge in [-0.2, -0.15) is 13.2 Å². The number of nitrogens with one attached hydrogen (secondary N) is 2. The molecule has 0 spiro atoms. The Kier molecular flexibility index (Phi) is 4.36. The van der Waals surface area contributed by atoms with Gasteiger partial charge >= 0.3 is 6.18 Å². The molecular formula is C12H15F3N2O2S. The van der Waals surface area contributed by atoms with Crippen molar-refractivity contribution in [3.8, 4) is 0 Å². The van der Waals surface area contributed by atoms with E-state index in [1.807, 2.05) is 0 Å². The third-order valence-electron chi connectivity index (χ3n) is 3.24. The van der Waals surface area contributed by atoms with Crippen LogP contribution in [-0.2, 0) is 22.7 Å². The van der Waals surface area contributed by atoms with Crippen LogP contribution in [0.3, 0.4) is 0 Å². The average Bonchev–Trinajstić information content (AvgIpc) is 2.90. The summed E-state index contributed by atoms with van der Waals surface area (Å²) in [6.07, 6.45) is -4.02. The van der Waals surface area contributed by atoms with Crippen molar-refractivity contribution >= 4 is 10.0 Å². The first-order chi connectivity index (χ1) is 9.31. The maximum absolute atomic E-state index is 12.8. The maximum Gasteiger partial charge on any atom is 0.416 e. The second-order valence-electron chi connectivity index (χ2n) is 4.64. The lowest BCUT2D eigenvalue weighted by atomic mass is 10.1. The van der Waals surface area contributed by atoms with Crippen LogP contribution < -0.4 is 10.0 Å². The number of hydrogen-bond acceptors (Lipinski definition) is 3. The molecule has 0 bridgehead atoms. The number of halogens is 3. The first kappa shape index (κ1) is 15.3. The fourth-order valence-electron chi connectivity index (χ4n) is 2.14. The molecule has 0 radical (unpaired) electrons. The topological polar surface area (TPSA) is 58.2 Å². The van der Waals surface area contributed by atoms with Gasteiger partial charge in [0.15, 0.2) is 0 Å². The molecule has 1 unspecified atom stereocenters. The fourth-order valence-corrected chi connectivity index (χ4v) is 3.50. The standard InChI is InChI=1S/C12H15F3N2O2S/c13-12(14,15)11-4-2-1-3-9(11)7-17-20(18,19)10-5-6-16-8-10/h1-4,10,16-17H,5-8H2. The van der Waals surface area contributed by atoms with E-state index >= 15 is 0 Å². The molecular weight excluding hydrogens is 293 g/mol. The van der Waals surface area contributed by atoms with Crippen LogP contribution in [0.1, 0.15) is 17.5 Å². The summed E-state index contributed by atoms with van der Waals surface area (Å²) in [7, 11) is -3.60. The first-order valence-electron chi connectivity index (χ1n) is 6.15. The quantitative estimate of drug-likeness (QED) is 0.886. The van der Waals surface area contributed by atoms with Crippen molar-refractivity contribution in [3.63, 3.8) is 0 Å². The Morgan fingerprint density at radius 1 is 1.30 bits per heavy atom. The summed E-state index contributed by atoms with van der Waals surface area (Å²) in [5.74, 6) is 0. The average molecular weight is 308 g/mol. The Hall–Kier alpha value is -1.12. The molecule has 0 aromatic heterocycles. The Labute approximate surface area is 115 Å². The third-order valence-corrected chi connectivity index (χ3v) is 5.07. The van der Waals surface area contributed by atoms with E-state index in [9.17, 15) is 21.6 Å². The normalized spacial score (nSPS) is 20.2. The van der Waals surface area contributed by atoms with E-state index in [-0.39, 0.29) is 12.1 Å². The van der Waals surface area contributed by atoms with Crippen LogP contribution in [0.25, 0.3) is 0 Å². The van der Waals surface area contributed by atoms with Gasteiger partial charge < -0.3 is 5.32 Å². The highest BCUT2D eigenvalue weighted by atomic mass is 32.2. The number of sulfonamides is 1. The highest BCUT2D eigenvalue weighted by molar-refractivity contribution is 7.90. The SMILES string of the molecule is O=S(=O)(NCc1ccccc1C(F)(F)F)C1CCNC1. The van der Waals surface area contributed by atoms with Gasteiger partial charge in [-0.15, -0.1) is 0 Å². The van der Waals surface area contributed by atoms with Crippen molar-refractivity contribution in [1.82, 2.24) is 10.0 Å². The molecule has 4 nitrogen and oxygen atoms in total. The molecule has 1 atom stereocenters. The molecule has 20 heavy (non-hydrogen) atoms. The largest absolute Gasteiger partial charge is 0.416 e. The van der Waals surface area contributed by atoms with E-state index in [1.54, 1.807) is 0 Å². The van der Waals surface area contributed by atoms with Crippen LogP contribution in [0.4, 0.5) is 13.2 Å². The molecule has 1 heterocycles. The second-order valence-corrected chi connectivity index (χ2v) is 6.68. The highest BCUT2D eigenvalue weighted by Gasteiger charge is 2.34. The molecule has 1 saturated heterocycles. The van der Waals surface area contributed by atoms with E-state index < -0.39 is 27.0 Å². The Balaban J connectivity index is 2.11. The highest BCUT2D eigenvalue weighted by Crippen LogP contribution is 2.31. The minimum Gasteiger partial charge on any atom is -0.315 e. The molecule has 1 aromatic rings. The first-order valence-corrected chi connectivity index (χ1v) is 7.69. The molecule has 112 valence electrons. The van der Waals surface area contributed by atoms with Crippen LogP contribution in [-0.4, -0.2) is 26.8 Å². The van der Waals surface area contributed by atoms with Crippen molar-refractivity contribution in [2.75, 3.05) is 13.1 Å². The van der Waals surface area contributed by atoms with Crippen molar-refractivity contribution in [2.24, 2.45) is 0 Å². The van der Waals surface area contributed by atoms with Gasteiger partial charge in [-0.3, -0.25) is 0 Å². The van der Waals surface area contributed by atoms with Crippen molar-refractivity contribution in [1.29, 1.82) is 0 Å². The van der Waals surface area contributed by atoms with Crippen LogP contribution in [0.5, 0.6) is 0 Å². The van der Waals surface area contributed by atoms with Crippen molar-refractivity contribution in [2.45, 2.75) is 24.4 Å². The third kappa shape index (κ3) is 3.50. The van der Waals surface area contributed by atoms with Crippen LogP contribution >= 0.6 is 0 Å². The zero-order valence-corrected chi connectivity index (χ0v) is 11.4. The number of alkyl halides is 3. The van der Waals surface area contributed by atoms with E-state index in [0.717, 1.165) is 6.07 Å². The Bertz CT molecular complexity index is 566. The molecule has 2 rings (SSSR count). The summed E-state index contributed by atoms with van der Waals surface area (Å²) in [6, 6.07) is 4.96. The minimum atomic E-state index is -4.49. The van der Waals surface area contributed by atoms with Gasteiger partial charge in [-0.05, 0) is 24.6 Å². The lowest BCUT2D eigenvalue weighted by Crippen LogP contribution is -2.35. The monoisotopic (exact) mass is 308 g/mol. The zero-order valence-electron chi connectivity index (χ0n) is 10.6. The molecule has 1 aliphatic heterocycles. The van der Waals surface area contributed by atoms with E-state index in [2.05, 4.69) is 10.0 Å². The van der Waals surface area contributed by atoms with Gasteiger partial charge in [0, 0.05) is 13.1 Å². The smallest absolute Gasteiger partial charge is 0.315 e. The lowest BCUT2D eigenvalue weighted by molar-refractivity contribution is -0.138. The van der Waals surface area contributed by atoms with E-state index in [4.69, 9.17) is 0 Å². The Morgan fingerprint density at radius 3 is 2.60 bits per heavy atom. The molecule has 1 aliphatic rings. The van der Waals surface area contributed by atoms with E-state index in [0.29, 0.717) is 19.5 Å². The Morgan fingerprint density at radius 2 is 2.00 bits per heavy atom. The van der Waals surface area contributed by atoms with Crippen LogP contribution in [0.2, 0.25) is 0 Å². The molecule has 0 aliphatic carbocycles. The predicted octanol–water partition coefficient (Wildman–Crippen LogP) is 1.49. The summed E-state index contributed by atoms with van der Waals surface area (Å²) >= 11 is 0. The van der Waals surface area contributed by atoms with Gasteiger partial charge in [0.05, 0.1) is 10.8 Å². The zero-order chi connectivity index (χ0) is 14.8. The summed E-state index contributed by atoms with van der Waals surface area (Å²) < 4.78 is 64.5. The van der Waals surface area contributed by atoms with E-state index in [1.165, 1.54) is 18.2 Å². The van der Waals surface area contributed by atoms with Crippen molar-refractivity contribution in [3.05, 3.63) is 35.4 Å². The number of hydrogen-bond donors (Lipinski definition) is 2. The molecule has 1 aromatic carbocycles. The van der Waals surface area contributed by atoms with Gasteiger partial charge in [0.2, 0.25) is 10.0 Å². The van der Waals surface area contributed by atoms with Gasteiger partial charge in [0.25, 0.3) is 0 Å². The summed E-state index contributed by atoms with van der Waals surface area (Å²) in [5, 5.41) is 2.33. The lowest BCUT2D eigenvalue weighted by Gasteiger charge is -2.15.